The molecule has 110 valence electrons. The number of aryl methyl sites for hydroxylation is 1. The van der Waals surface area contributed by atoms with E-state index in [0.29, 0.717) is 11.3 Å². The van der Waals surface area contributed by atoms with Gasteiger partial charge in [0, 0.05) is 11.9 Å². The van der Waals surface area contributed by atoms with Crippen molar-refractivity contribution in [1.29, 1.82) is 5.26 Å². The van der Waals surface area contributed by atoms with Crippen LogP contribution in [0.3, 0.4) is 0 Å². The van der Waals surface area contributed by atoms with Crippen LogP contribution >= 0.6 is 0 Å². The highest BCUT2D eigenvalue weighted by Gasteiger charge is 2.13. The minimum atomic E-state index is -1.10. The number of carboxylic acids is 1. The van der Waals surface area contributed by atoms with E-state index in [1.807, 2.05) is 0 Å². The molecule has 0 heterocycles. The Kier molecular flexibility index (Phi) is 5.31. The summed E-state index contributed by atoms with van der Waals surface area (Å²) in [7, 11) is 0. The van der Waals surface area contributed by atoms with Crippen LogP contribution in [0, 0.1) is 18.3 Å². The summed E-state index contributed by atoms with van der Waals surface area (Å²) in [4.78, 5) is 22.6. The minimum absolute atomic E-state index is 0.0681. The summed E-state index contributed by atoms with van der Waals surface area (Å²) in [6.45, 7) is 3.08. The number of aromatic hydroxyl groups is 1. The van der Waals surface area contributed by atoms with Crippen LogP contribution in [-0.4, -0.2) is 28.1 Å². The Morgan fingerprint density at radius 3 is 2.62 bits per heavy atom. The zero-order chi connectivity index (χ0) is 16.0. The van der Waals surface area contributed by atoms with Gasteiger partial charge >= 0.3 is 5.97 Å². The van der Waals surface area contributed by atoms with Crippen LogP contribution in [0.25, 0.3) is 0 Å². The molecule has 21 heavy (non-hydrogen) atoms. The molecule has 4 N–H and O–H groups in total. The van der Waals surface area contributed by atoms with E-state index in [2.05, 4.69) is 10.6 Å². The lowest BCUT2D eigenvalue weighted by atomic mass is 10.2. The van der Waals surface area contributed by atoms with Gasteiger partial charge in [0.2, 0.25) is 0 Å². The number of nitriles is 1. The molecule has 0 aromatic heterocycles. The summed E-state index contributed by atoms with van der Waals surface area (Å²) in [5.41, 5.74) is 0.827. The van der Waals surface area contributed by atoms with Crippen molar-refractivity contribution in [2.24, 2.45) is 0 Å². The molecule has 1 atom stereocenters. The van der Waals surface area contributed by atoms with Crippen molar-refractivity contribution < 1.29 is 19.8 Å². The fourth-order valence-electron chi connectivity index (χ4n) is 1.41. The second-order valence-electron chi connectivity index (χ2n) is 4.35. The predicted octanol–water partition coefficient (Wildman–Crippen LogP) is 1.11. The van der Waals surface area contributed by atoms with E-state index in [1.165, 1.54) is 25.1 Å². The molecule has 0 saturated carbocycles. The van der Waals surface area contributed by atoms with Crippen LogP contribution in [0.15, 0.2) is 30.0 Å². The normalized spacial score (nSPS) is 12.1. The molecular formula is C14H15N3O4. The van der Waals surface area contributed by atoms with Crippen LogP contribution in [-0.2, 0) is 9.59 Å². The highest BCUT2D eigenvalue weighted by Crippen LogP contribution is 2.20. The van der Waals surface area contributed by atoms with Gasteiger partial charge in [0.05, 0.1) is 0 Å². The molecule has 1 aromatic carbocycles. The number of anilines is 1. The molecule has 7 nitrogen and oxygen atoms in total. The largest absolute Gasteiger partial charge is 0.508 e. The predicted molar refractivity (Wildman–Crippen MR) is 75.4 cm³/mol. The molecule has 0 aliphatic rings. The van der Waals surface area contributed by atoms with Gasteiger partial charge < -0.3 is 20.8 Å². The van der Waals surface area contributed by atoms with Gasteiger partial charge in [0.1, 0.15) is 23.4 Å². The third-order valence-corrected chi connectivity index (χ3v) is 2.67. The molecule has 1 rings (SSSR count). The molecule has 0 aliphatic carbocycles. The van der Waals surface area contributed by atoms with Crippen molar-refractivity contribution in [2.45, 2.75) is 19.9 Å². The van der Waals surface area contributed by atoms with Crippen molar-refractivity contribution in [3.63, 3.8) is 0 Å². The summed E-state index contributed by atoms with van der Waals surface area (Å²) in [5.74, 6) is -1.70. The Labute approximate surface area is 121 Å². The molecule has 1 aromatic rings. The fourth-order valence-corrected chi connectivity index (χ4v) is 1.41. The van der Waals surface area contributed by atoms with Gasteiger partial charge in [-0.25, -0.2) is 0 Å². The topological polar surface area (TPSA) is 122 Å². The molecule has 1 unspecified atom stereocenters. The van der Waals surface area contributed by atoms with Gasteiger partial charge in [0.15, 0.2) is 0 Å². The second-order valence-corrected chi connectivity index (χ2v) is 4.35. The van der Waals surface area contributed by atoms with Gasteiger partial charge in [0.25, 0.3) is 5.91 Å². The Bertz CT molecular complexity index is 632. The number of benzene rings is 1. The van der Waals surface area contributed by atoms with Crippen LogP contribution < -0.4 is 10.6 Å². The number of phenols is 1. The number of hydrogen-bond donors (Lipinski definition) is 4. The first-order valence-electron chi connectivity index (χ1n) is 6.05. The van der Waals surface area contributed by atoms with E-state index in [9.17, 15) is 14.7 Å². The van der Waals surface area contributed by atoms with Gasteiger partial charge in [-0.3, -0.25) is 9.59 Å². The number of nitrogens with zero attached hydrogens (tertiary/aromatic N) is 1. The Hall–Kier alpha value is -3.01. The number of carboxylic acid groups (broad SMARTS) is 1. The smallest absolute Gasteiger partial charge is 0.325 e. The monoisotopic (exact) mass is 289 g/mol. The van der Waals surface area contributed by atoms with Crippen LogP contribution in [0.4, 0.5) is 5.69 Å². The van der Waals surface area contributed by atoms with E-state index in [0.717, 1.165) is 6.20 Å². The van der Waals surface area contributed by atoms with Crippen molar-refractivity contribution in [1.82, 2.24) is 5.32 Å². The molecule has 0 aliphatic heterocycles. The number of phenolic OH excluding ortho intramolecular Hbond substituents is 1. The maximum Gasteiger partial charge on any atom is 0.325 e. The van der Waals surface area contributed by atoms with Crippen molar-refractivity contribution >= 4 is 17.6 Å². The van der Waals surface area contributed by atoms with E-state index >= 15 is 0 Å². The number of hydrogen-bond acceptors (Lipinski definition) is 5. The quantitative estimate of drug-likeness (QED) is 0.366. The SMILES string of the molecule is Cc1cc(O)ccc1NC(=O)/C(C#N)=C\NC(C)C(=O)O. The lowest BCUT2D eigenvalue weighted by Gasteiger charge is -2.09. The summed E-state index contributed by atoms with van der Waals surface area (Å²) in [5, 5.41) is 31.9. The number of carbonyl (C=O) groups is 2. The van der Waals surface area contributed by atoms with E-state index < -0.39 is 17.9 Å². The number of amides is 1. The Morgan fingerprint density at radius 1 is 1.43 bits per heavy atom. The first kappa shape index (κ1) is 16.0. The molecule has 0 bridgehead atoms. The van der Waals surface area contributed by atoms with E-state index in [-0.39, 0.29) is 11.3 Å². The number of nitrogens with one attached hydrogen (secondary N) is 2. The average Bonchev–Trinajstić information content (AvgIpc) is 2.42. The van der Waals surface area contributed by atoms with Crippen LogP contribution in [0.1, 0.15) is 12.5 Å². The summed E-state index contributed by atoms with van der Waals surface area (Å²) >= 11 is 0. The van der Waals surface area contributed by atoms with Crippen LogP contribution in [0.2, 0.25) is 0 Å². The second kappa shape index (κ2) is 6.96. The summed E-state index contributed by atoms with van der Waals surface area (Å²) in [6, 6.07) is 5.15. The molecule has 0 spiro atoms. The molecular weight excluding hydrogens is 274 g/mol. The third-order valence-electron chi connectivity index (χ3n) is 2.67. The van der Waals surface area contributed by atoms with E-state index in [1.54, 1.807) is 13.0 Å². The standard InChI is InChI=1S/C14H15N3O4/c1-8-5-11(18)3-4-12(8)17-13(19)10(6-15)7-16-9(2)14(20)21/h3-5,7,9,16,18H,1-2H3,(H,17,19)(H,20,21)/b10-7-. The maximum absolute atomic E-state index is 11.9. The first-order chi connectivity index (χ1) is 9.85. The first-order valence-corrected chi connectivity index (χ1v) is 6.05. The number of aliphatic carboxylic acids is 1. The maximum atomic E-state index is 11.9. The molecule has 0 fully saturated rings. The van der Waals surface area contributed by atoms with Gasteiger partial charge in [-0.2, -0.15) is 5.26 Å². The minimum Gasteiger partial charge on any atom is -0.508 e. The highest BCUT2D eigenvalue weighted by atomic mass is 16.4. The van der Waals surface area contributed by atoms with Crippen molar-refractivity contribution in [3.05, 3.63) is 35.5 Å². The molecule has 7 heteroatoms. The third kappa shape index (κ3) is 4.54. The zero-order valence-electron chi connectivity index (χ0n) is 11.5. The molecule has 0 saturated heterocycles. The average molecular weight is 289 g/mol. The Balaban J connectivity index is 2.83. The molecule has 1 amide bonds. The molecule has 0 radical (unpaired) electrons. The summed E-state index contributed by atoms with van der Waals surface area (Å²) in [6.07, 6.45) is 1.06. The summed E-state index contributed by atoms with van der Waals surface area (Å²) < 4.78 is 0. The van der Waals surface area contributed by atoms with E-state index in [4.69, 9.17) is 10.4 Å². The number of carbonyl (C=O) groups excluding carboxylic acids is 1. The van der Waals surface area contributed by atoms with Gasteiger partial charge in [-0.1, -0.05) is 0 Å². The van der Waals surface area contributed by atoms with Gasteiger partial charge in [-0.05, 0) is 37.6 Å². The zero-order valence-corrected chi connectivity index (χ0v) is 11.5. The van der Waals surface area contributed by atoms with Crippen molar-refractivity contribution in [2.75, 3.05) is 5.32 Å². The number of rotatable bonds is 5. The fraction of sp³-hybridized carbons (Fsp3) is 0.214. The van der Waals surface area contributed by atoms with Crippen LogP contribution in [0.5, 0.6) is 5.75 Å². The van der Waals surface area contributed by atoms with Gasteiger partial charge in [-0.15, -0.1) is 0 Å². The lowest BCUT2D eigenvalue weighted by Crippen LogP contribution is -2.30. The lowest BCUT2D eigenvalue weighted by molar-refractivity contribution is -0.138. The highest BCUT2D eigenvalue weighted by molar-refractivity contribution is 6.06. The Morgan fingerprint density at radius 2 is 2.10 bits per heavy atom. The van der Waals surface area contributed by atoms with Crippen molar-refractivity contribution in [3.8, 4) is 11.8 Å².